The van der Waals surface area contributed by atoms with Gasteiger partial charge in [-0.05, 0) is 29.8 Å². The van der Waals surface area contributed by atoms with Crippen molar-refractivity contribution in [2.75, 3.05) is 6.54 Å². The summed E-state index contributed by atoms with van der Waals surface area (Å²) in [6.45, 7) is 1.23. The number of nitrogens with zero attached hydrogens (tertiary/aromatic N) is 2. The van der Waals surface area contributed by atoms with E-state index < -0.39 is 18.0 Å². The first-order valence-corrected chi connectivity index (χ1v) is 9.42. The lowest BCUT2D eigenvalue weighted by Crippen LogP contribution is -2.20. The van der Waals surface area contributed by atoms with Crippen LogP contribution in [0.3, 0.4) is 0 Å². The Morgan fingerprint density at radius 2 is 1.63 bits per heavy atom. The van der Waals surface area contributed by atoms with Crippen LogP contribution in [0.4, 0.5) is 13.2 Å². The molecular formula is C23H20F3N3O. The largest absolute Gasteiger partial charge is 0.468 e. The molecular weight excluding hydrogens is 391 g/mol. The van der Waals surface area contributed by atoms with Gasteiger partial charge in [0.15, 0.2) is 0 Å². The van der Waals surface area contributed by atoms with Crippen LogP contribution in [0.5, 0.6) is 5.88 Å². The number of aromatic nitrogens is 1. The van der Waals surface area contributed by atoms with Crippen molar-refractivity contribution in [2.24, 2.45) is 0 Å². The molecule has 1 atom stereocenters. The van der Waals surface area contributed by atoms with Crippen molar-refractivity contribution in [3.05, 3.63) is 95.2 Å². The molecule has 4 nitrogen and oxygen atoms in total. The van der Waals surface area contributed by atoms with Gasteiger partial charge in [-0.15, -0.1) is 0 Å². The van der Waals surface area contributed by atoms with Crippen LogP contribution in [-0.4, -0.2) is 11.5 Å². The van der Waals surface area contributed by atoms with E-state index in [1.165, 1.54) is 0 Å². The predicted octanol–water partition coefficient (Wildman–Crippen LogP) is 5.27. The molecule has 0 spiro atoms. The number of benzene rings is 2. The molecule has 1 heterocycles. The third-order valence-corrected chi connectivity index (χ3v) is 4.45. The van der Waals surface area contributed by atoms with Crippen LogP contribution in [0.25, 0.3) is 0 Å². The summed E-state index contributed by atoms with van der Waals surface area (Å²) < 4.78 is 45.0. The number of halogens is 3. The van der Waals surface area contributed by atoms with Crippen molar-refractivity contribution in [3.63, 3.8) is 0 Å². The Labute approximate surface area is 173 Å². The minimum absolute atomic E-state index is 0.0406. The summed E-state index contributed by atoms with van der Waals surface area (Å²) in [4.78, 5) is 3.57. The summed E-state index contributed by atoms with van der Waals surface area (Å²) >= 11 is 0. The van der Waals surface area contributed by atoms with E-state index in [1.54, 1.807) is 0 Å². The lowest BCUT2D eigenvalue weighted by atomic mass is 10.1. The van der Waals surface area contributed by atoms with Crippen molar-refractivity contribution < 1.29 is 17.9 Å². The fourth-order valence-corrected chi connectivity index (χ4v) is 2.93. The molecule has 2 aromatic carbocycles. The Morgan fingerprint density at radius 1 is 0.967 bits per heavy atom. The maximum Gasteiger partial charge on any atom is 0.433 e. The highest BCUT2D eigenvalue weighted by Gasteiger charge is 2.33. The molecule has 7 heteroatoms. The third-order valence-electron chi connectivity index (χ3n) is 4.45. The SMILES string of the molecule is N#Cc1ccc(C(F)(F)F)nc1O[C@H](CCNCc1ccccc1)c1ccccc1. The predicted molar refractivity (Wildman–Crippen MR) is 107 cm³/mol. The molecule has 0 bridgehead atoms. The summed E-state index contributed by atoms with van der Waals surface area (Å²) in [6.07, 6.45) is -4.69. The molecule has 0 aliphatic heterocycles. The average Bonchev–Trinajstić information content (AvgIpc) is 2.76. The highest BCUT2D eigenvalue weighted by Crippen LogP contribution is 2.32. The van der Waals surface area contributed by atoms with Crippen LogP contribution < -0.4 is 10.1 Å². The smallest absolute Gasteiger partial charge is 0.433 e. The Kier molecular flexibility index (Phi) is 7.04. The van der Waals surface area contributed by atoms with Gasteiger partial charge in [-0.2, -0.15) is 18.4 Å². The second-order valence-corrected chi connectivity index (χ2v) is 6.63. The van der Waals surface area contributed by atoms with Gasteiger partial charge in [-0.3, -0.25) is 0 Å². The van der Waals surface area contributed by atoms with Gasteiger partial charge < -0.3 is 10.1 Å². The lowest BCUT2D eigenvalue weighted by Gasteiger charge is -2.20. The highest BCUT2D eigenvalue weighted by atomic mass is 19.4. The summed E-state index contributed by atoms with van der Waals surface area (Å²) in [5, 5.41) is 12.6. The molecule has 0 aliphatic carbocycles. The fourth-order valence-electron chi connectivity index (χ4n) is 2.93. The molecule has 0 aliphatic rings. The zero-order chi connectivity index (χ0) is 21.4. The molecule has 1 N–H and O–H groups in total. The zero-order valence-electron chi connectivity index (χ0n) is 16.1. The summed E-state index contributed by atoms with van der Waals surface area (Å²) in [6, 6.07) is 22.7. The van der Waals surface area contributed by atoms with Crippen molar-refractivity contribution in [1.29, 1.82) is 5.26 Å². The second kappa shape index (κ2) is 9.90. The van der Waals surface area contributed by atoms with Gasteiger partial charge in [0.25, 0.3) is 0 Å². The number of hydrogen-bond donors (Lipinski definition) is 1. The minimum Gasteiger partial charge on any atom is -0.468 e. The Bertz CT molecular complexity index is 986. The zero-order valence-corrected chi connectivity index (χ0v) is 16.1. The molecule has 0 saturated carbocycles. The monoisotopic (exact) mass is 411 g/mol. The Morgan fingerprint density at radius 3 is 2.27 bits per heavy atom. The Hall–Kier alpha value is -3.37. The van der Waals surface area contributed by atoms with E-state index in [9.17, 15) is 18.4 Å². The van der Waals surface area contributed by atoms with Crippen molar-refractivity contribution in [3.8, 4) is 11.9 Å². The van der Waals surface area contributed by atoms with Gasteiger partial charge in [-0.1, -0.05) is 60.7 Å². The first kappa shape index (κ1) is 21.3. The van der Waals surface area contributed by atoms with Crippen molar-refractivity contribution in [2.45, 2.75) is 25.2 Å². The van der Waals surface area contributed by atoms with Gasteiger partial charge in [0.1, 0.15) is 23.4 Å². The van der Waals surface area contributed by atoms with Crippen LogP contribution in [0, 0.1) is 11.3 Å². The molecule has 0 fully saturated rings. The minimum atomic E-state index is -4.62. The van der Waals surface area contributed by atoms with E-state index in [1.807, 2.05) is 66.7 Å². The van der Waals surface area contributed by atoms with Crippen LogP contribution in [0.15, 0.2) is 72.8 Å². The number of pyridine rings is 1. The third kappa shape index (κ3) is 5.82. The van der Waals surface area contributed by atoms with Gasteiger partial charge >= 0.3 is 6.18 Å². The number of nitriles is 1. The molecule has 3 aromatic rings. The molecule has 0 unspecified atom stereocenters. The van der Waals surface area contributed by atoms with E-state index in [0.717, 1.165) is 23.3 Å². The van der Waals surface area contributed by atoms with Crippen molar-refractivity contribution >= 4 is 0 Å². The van der Waals surface area contributed by atoms with Crippen molar-refractivity contribution in [1.82, 2.24) is 10.3 Å². The quantitative estimate of drug-likeness (QED) is 0.513. The van der Waals surface area contributed by atoms with E-state index in [-0.39, 0.29) is 11.4 Å². The van der Waals surface area contributed by atoms with E-state index >= 15 is 0 Å². The maximum absolute atomic E-state index is 13.1. The number of rotatable bonds is 8. The second-order valence-electron chi connectivity index (χ2n) is 6.63. The number of hydrogen-bond acceptors (Lipinski definition) is 4. The summed E-state index contributed by atoms with van der Waals surface area (Å²) in [7, 11) is 0. The molecule has 154 valence electrons. The summed E-state index contributed by atoms with van der Waals surface area (Å²) in [5.41, 5.74) is 0.787. The molecule has 3 rings (SSSR count). The standard InChI is InChI=1S/C23H20F3N3O/c24-23(25,26)21-12-11-19(15-27)22(29-21)30-20(18-9-5-2-6-10-18)13-14-28-16-17-7-3-1-4-8-17/h1-12,20,28H,13-14,16H2/t20-/m1/s1. The highest BCUT2D eigenvalue weighted by molar-refractivity contribution is 5.39. The number of ether oxygens (including phenoxy) is 1. The van der Waals surface area contributed by atoms with Crippen LogP contribution >= 0.6 is 0 Å². The van der Waals surface area contributed by atoms with E-state index in [4.69, 9.17) is 4.74 Å². The first-order valence-electron chi connectivity index (χ1n) is 9.42. The van der Waals surface area contributed by atoms with Crippen LogP contribution in [0.2, 0.25) is 0 Å². The molecule has 0 saturated heterocycles. The fraction of sp³-hybridized carbons (Fsp3) is 0.217. The number of alkyl halides is 3. The number of nitrogens with one attached hydrogen (secondary N) is 1. The van der Waals surface area contributed by atoms with E-state index in [2.05, 4.69) is 10.3 Å². The lowest BCUT2D eigenvalue weighted by molar-refractivity contribution is -0.141. The maximum atomic E-state index is 13.1. The molecule has 1 aromatic heterocycles. The summed E-state index contributed by atoms with van der Waals surface area (Å²) in [5.74, 6) is -0.316. The van der Waals surface area contributed by atoms with Gasteiger partial charge in [-0.25, -0.2) is 4.98 Å². The average molecular weight is 411 g/mol. The molecule has 0 radical (unpaired) electrons. The molecule has 30 heavy (non-hydrogen) atoms. The van der Waals surface area contributed by atoms with Gasteiger partial charge in [0.05, 0.1) is 0 Å². The van der Waals surface area contributed by atoms with Crippen LogP contribution in [0.1, 0.15) is 34.9 Å². The van der Waals surface area contributed by atoms with E-state index in [0.29, 0.717) is 19.5 Å². The van der Waals surface area contributed by atoms with Gasteiger partial charge in [0.2, 0.25) is 5.88 Å². The first-order chi connectivity index (χ1) is 14.5. The molecule has 0 amide bonds. The van der Waals surface area contributed by atoms with Gasteiger partial charge in [0, 0.05) is 13.0 Å². The Balaban J connectivity index is 1.76. The normalized spacial score (nSPS) is 12.2. The topological polar surface area (TPSA) is 57.9 Å². The van der Waals surface area contributed by atoms with Crippen LogP contribution in [-0.2, 0) is 12.7 Å².